The normalized spacial score (nSPS) is 11.2. The van der Waals surface area contributed by atoms with Gasteiger partial charge in [-0.05, 0) is 59.4 Å². The number of carbonyl (C=O) groups is 1. The van der Waals surface area contributed by atoms with Crippen LogP contribution in [0.15, 0.2) is 59.0 Å². The zero-order valence-corrected chi connectivity index (χ0v) is 19.4. The number of benzene rings is 2. The van der Waals surface area contributed by atoms with E-state index in [-0.39, 0.29) is 23.7 Å². The molecule has 0 aliphatic heterocycles. The summed E-state index contributed by atoms with van der Waals surface area (Å²) in [5, 5.41) is 2.88. The molecule has 3 aromatic rings. The molecule has 3 rings (SSSR count). The molecule has 0 aliphatic rings. The molecular weight excluding hydrogens is 406 g/mol. The Labute approximate surface area is 189 Å². The van der Waals surface area contributed by atoms with Gasteiger partial charge in [-0.1, -0.05) is 39.0 Å². The van der Waals surface area contributed by atoms with Crippen molar-refractivity contribution in [1.82, 2.24) is 5.32 Å². The zero-order valence-electron chi connectivity index (χ0n) is 19.4. The van der Waals surface area contributed by atoms with Crippen LogP contribution in [-0.4, -0.2) is 26.7 Å². The lowest BCUT2D eigenvalue weighted by Gasteiger charge is -2.19. The van der Waals surface area contributed by atoms with Crippen LogP contribution in [0.25, 0.3) is 0 Å². The van der Waals surface area contributed by atoms with Crippen LogP contribution in [0.4, 0.5) is 0 Å². The SMILES string of the molecule is COc1ccc(CCNC(=O)c2ccc(COc3ccc(C(C)(C)C)cc3)o2)cc1OC. The van der Waals surface area contributed by atoms with Crippen LogP contribution in [0, 0.1) is 0 Å². The van der Waals surface area contributed by atoms with Crippen molar-refractivity contribution in [3.63, 3.8) is 0 Å². The quantitative estimate of drug-likeness (QED) is 0.502. The molecule has 1 aromatic heterocycles. The van der Waals surface area contributed by atoms with Gasteiger partial charge < -0.3 is 23.9 Å². The average molecular weight is 438 g/mol. The molecule has 1 N–H and O–H groups in total. The molecule has 32 heavy (non-hydrogen) atoms. The third-order valence-electron chi connectivity index (χ3n) is 5.13. The first kappa shape index (κ1) is 23.3. The first-order chi connectivity index (χ1) is 15.3. The van der Waals surface area contributed by atoms with Gasteiger partial charge in [-0.15, -0.1) is 0 Å². The summed E-state index contributed by atoms with van der Waals surface area (Å²) in [4.78, 5) is 12.4. The molecule has 0 bridgehead atoms. The van der Waals surface area contributed by atoms with E-state index in [0.717, 1.165) is 11.3 Å². The minimum absolute atomic E-state index is 0.0985. The summed E-state index contributed by atoms with van der Waals surface area (Å²) in [6.45, 7) is 7.25. The summed E-state index contributed by atoms with van der Waals surface area (Å²) in [7, 11) is 3.20. The second-order valence-electron chi connectivity index (χ2n) is 8.52. The van der Waals surface area contributed by atoms with Gasteiger partial charge in [0.15, 0.2) is 17.3 Å². The number of rotatable bonds is 9. The van der Waals surface area contributed by atoms with Gasteiger partial charge >= 0.3 is 0 Å². The lowest BCUT2D eigenvalue weighted by molar-refractivity contribution is 0.0922. The van der Waals surface area contributed by atoms with Crippen LogP contribution in [0.1, 0.15) is 48.2 Å². The summed E-state index contributed by atoms with van der Waals surface area (Å²) in [5.74, 6) is 2.70. The van der Waals surface area contributed by atoms with Crippen LogP contribution in [0.2, 0.25) is 0 Å². The minimum atomic E-state index is -0.258. The van der Waals surface area contributed by atoms with Crippen molar-refractivity contribution in [2.75, 3.05) is 20.8 Å². The van der Waals surface area contributed by atoms with Crippen molar-refractivity contribution in [3.05, 3.63) is 77.2 Å². The molecule has 0 fully saturated rings. The van der Waals surface area contributed by atoms with E-state index in [9.17, 15) is 4.79 Å². The number of furan rings is 1. The molecule has 0 saturated carbocycles. The van der Waals surface area contributed by atoms with Gasteiger partial charge in [-0.25, -0.2) is 0 Å². The number of hydrogen-bond donors (Lipinski definition) is 1. The highest BCUT2D eigenvalue weighted by Crippen LogP contribution is 2.27. The Bertz CT molecular complexity index is 1030. The van der Waals surface area contributed by atoms with E-state index in [0.29, 0.717) is 30.2 Å². The maximum Gasteiger partial charge on any atom is 0.287 e. The molecule has 6 nitrogen and oxygen atoms in total. The third-order valence-corrected chi connectivity index (χ3v) is 5.13. The van der Waals surface area contributed by atoms with E-state index in [1.165, 1.54) is 5.56 Å². The second-order valence-corrected chi connectivity index (χ2v) is 8.52. The van der Waals surface area contributed by atoms with E-state index in [2.05, 4.69) is 38.2 Å². The zero-order chi connectivity index (χ0) is 23.1. The Morgan fingerprint density at radius 2 is 1.66 bits per heavy atom. The molecule has 0 spiro atoms. The fraction of sp³-hybridized carbons (Fsp3) is 0.346. The van der Waals surface area contributed by atoms with Crippen molar-refractivity contribution in [2.24, 2.45) is 0 Å². The molecule has 1 amide bonds. The highest BCUT2D eigenvalue weighted by atomic mass is 16.5. The molecule has 0 atom stereocenters. The topological polar surface area (TPSA) is 69.9 Å². The molecule has 0 saturated heterocycles. The molecule has 2 aromatic carbocycles. The highest BCUT2D eigenvalue weighted by Gasteiger charge is 2.14. The van der Waals surface area contributed by atoms with Crippen LogP contribution in [0.3, 0.4) is 0 Å². The number of methoxy groups -OCH3 is 2. The van der Waals surface area contributed by atoms with E-state index >= 15 is 0 Å². The largest absolute Gasteiger partial charge is 0.493 e. The highest BCUT2D eigenvalue weighted by molar-refractivity contribution is 5.91. The lowest BCUT2D eigenvalue weighted by Crippen LogP contribution is -2.25. The molecule has 6 heteroatoms. The van der Waals surface area contributed by atoms with Gasteiger partial charge in [0.05, 0.1) is 14.2 Å². The summed E-state index contributed by atoms with van der Waals surface area (Å²) < 4.78 is 22.0. The van der Waals surface area contributed by atoms with E-state index in [1.807, 2.05) is 30.3 Å². The number of carbonyl (C=O) groups excluding carboxylic acids is 1. The Morgan fingerprint density at radius 1 is 0.938 bits per heavy atom. The summed E-state index contributed by atoms with van der Waals surface area (Å²) >= 11 is 0. The van der Waals surface area contributed by atoms with Gasteiger partial charge in [0, 0.05) is 6.54 Å². The summed E-state index contributed by atoms with van der Waals surface area (Å²) in [6, 6.07) is 17.1. The van der Waals surface area contributed by atoms with Gasteiger partial charge in [0.1, 0.15) is 18.1 Å². The molecular formula is C26H31NO5. The molecule has 0 unspecified atom stereocenters. The smallest absolute Gasteiger partial charge is 0.287 e. The van der Waals surface area contributed by atoms with Crippen molar-refractivity contribution < 1.29 is 23.4 Å². The number of ether oxygens (including phenoxy) is 3. The second kappa shape index (κ2) is 10.3. The third kappa shape index (κ3) is 6.06. The minimum Gasteiger partial charge on any atom is -0.493 e. The molecule has 0 radical (unpaired) electrons. The van der Waals surface area contributed by atoms with Gasteiger partial charge in [0.25, 0.3) is 5.91 Å². The predicted octanol–water partition coefficient (Wildman–Crippen LogP) is 5.15. The predicted molar refractivity (Wildman–Crippen MR) is 124 cm³/mol. The number of hydrogen-bond acceptors (Lipinski definition) is 5. The van der Waals surface area contributed by atoms with Crippen molar-refractivity contribution >= 4 is 5.91 Å². The Balaban J connectivity index is 1.48. The maximum atomic E-state index is 12.4. The monoisotopic (exact) mass is 437 g/mol. The number of nitrogens with one attached hydrogen (secondary N) is 1. The fourth-order valence-electron chi connectivity index (χ4n) is 3.23. The summed E-state index contributed by atoms with van der Waals surface area (Å²) in [6.07, 6.45) is 0.660. The van der Waals surface area contributed by atoms with Crippen molar-refractivity contribution in [3.8, 4) is 17.2 Å². The number of amides is 1. The molecule has 1 heterocycles. The fourth-order valence-corrected chi connectivity index (χ4v) is 3.23. The molecule has 0 aliphatic carbocycles. The standard InChI is InChI=1S/C26H31NO5/c1-26(2,3)19-7-9-20(10-8-19)31-17-21-11-13-23(32-21)25(28)27-15-14-18-6-12-22(29-4)24(16-18)30-5/h6-13,16H,14-15,17H2,1-5H3,(H,27,28). The average Bonchev–Trinajstić information content (AvgIpc) is 3.26. The van der Waals surface area contributed by atoms with Crippen molar-refractivity contribution in [2.45, 2.75) is 39.2 Å². The maximum absolute atomic E-state index is 12.4. The van der Waals surface area contributed by atoms with E-state index in [1.54, 1.807) is 26.4 Å². The Hall–Kier alpha value is -3.41. The van der Waals surface area contributed by atoms with Gasteiger partial charge in [-0.2, -0.15) is 0 Å². The Kier molecular flexibility index (Phi) is 7.46. The first-order valence-corrected chi connectivity index (χ1v) is 10.6. The Morgan fingerprint density at radius 3 is 2.31 bits per heavy atom. The summed E-state index contributed by atoms with van der Waals surface area (Å²) in [5.41, 5.74) is 2.38. The van der Waals surface area contributed by atoms with Crippen LogP contribution >= 0.6 is 0 Å². The van der Waals surface area contributed by atoms with Crippen LogP contribution in [0.5, 0.6) is 17.2 Å². The van der Waals surface area contributed by atoms with Crippen LogP contribution in [-0.2, 0) is 18.4 Å². The van der Waals surface area contributed by atoms with E-state index in [4.69, 9.17) is 18.6 Å². The first-order valence-electron chi connectivity index (χ1n) is 10.6. The van der Waals surface area contributed by atoms with Gasteiger partial charge in [0.2, 0.25) is 0 Å². The van der Waals surface area contributed by atoms with Crippen molar-refractivity contribution in [1.29, 1.82) is 0 Å². The van der Waals surface area contributed by atoms with Gasteiger partial charge in [-0.3, -0.25) is 4.79 Å². The molecule has 170 valence electrons. The van der Waals surface area contributed by atoms with E-state index < -0.39 is 0 Å². The van der Waals surface area contributed by atoms with Crippen LogP contribution < -0.4 is 19.5 Å². The lowest BCUT2D eigenvalue weighted by atomic mass is 9.87.